The first-order valence-corrected chi connectivity index (χ1v) is 18.6. The van der Waals surface area contributed by atoms with Gasteiger partial charge in [0.15, 0.2) is 0 Å². The minimum atomic E-state index is 0.752. The summed E-state index contributed by atoms with van der Waals surface area (Å²) in [4.78, 5) is 0.852. The van der Waals surface area contributed by atoms with Gasteiger partial charge in [0.25, 0.3) is 0 Å². The van der Waals surface area contributed by atoms with Gasteiger partial charge in [-0.15, -0.1) is 0 Å². The first-order valence-electron chi connectivity index (χ1n) is 18.2. The number of aryl methyl sites for hydroxylation is 1. The first-order chi connectivity index (χ1) is 21.5. The normalized spacial score (nSPS) is 11.5. The number of ether oxygens (including phenoxy) is 2. The average Bonchev–Trinajstić information content (AvgIpc) is 3.02. The first kappa shape index (κ1) is 38.1. The van der Waals surface area contributed by atoms with Crippen molar-refractivity contribution < 1.29 is 9.47 Å². The molecule has 0 saturated carbocycles. The summed E-state index contributed by atoms with van der Waals surface area (Å²) >= 11 is 5.79. The Hall–Kier alpha value is -2.13. The van der Waals surface area contributed by atoms with Crippen molar-refractivity contribution in [3.8, 4) is 11.5 Å². The number of thiocarbonyl (C=S) groups is 1. The molecule has 0 spiro atoms. The molecule has 3 heteroatoms. The smallest absolute Gasteiger partial charge is 0.123 e. The van der Waals surface area contributed by atoms with Crippen LogP contribution in [0.25, 0.3) is 6.08 Å². The molecule has 246 valence electrons. The van der Waals surface area contributed by atoms with Crippen molar-refractivity contribution in [2.24, 2.45) is 5.92 Å². The van der Waals surface area contributed by atoms with E-state index in [9.17, 15) is 0 Å². The van der Waals surface area contributed by atoms with Crippen LogP contribution in [0.4, 0.5) is 0 Å². The van der Waals surface area contributed by atoms with Crippen molar-refractivity contribution in [1.29, 1.82) is 0 Å². The summed E-state index contributed by atoms with van der Waals surface area (Å²) in [7, 11) is 0. The lowest BCUT2D eigenvalue weighted by Crippen LogP contribution is -2.01. The fourth-order valence-electron chi connectivity index (χ4n) is 5.53. The van der Waals surface area contributed by atoms with Crippen LogP contribution in [0.1, 0.15) is 160 Å². The molecule has 44 heavy (non-hydrogen) atoms. The van der Waals surface area contributed by atoms with E-state index in [0.29, 0.717) is 0 Å². The van der Waals surface area contributed by atoms with Gasteiger partial charge in [0, 0.05) is 10.9 Å². The molecule has 0 aromatic heterocycles. The molecule has 0 radical (unpaired) electrons. The largest absolute Gasteiger partial charge is 0.493 e. The second kappa shape index (κ2) is 25.1. The summed E-state index contributed by atoms with van der Waals surface area (Å²) < 4.78 is 12.5. The van der Waals surface area contributed by atoms with Crippen LogP contribution < -0.4 is 9.47 Å². The molecule has 2 rings (SSSR count). The van der Waals surface area contributed by atoms with Gasteiger partial charge in [0.2, 0.25) is 0 Å². The van der Waals surface area contributed by atoms with Crippen molar-refractivity contribution in [1.82, 2.24) is 0 Å². The maximum absolute atomic E-state index is 6.23. The van der Waals surface area contributed by atoms with Gasteiger partial charge < -0.3 is 9.47 Å². The zero-order chi connectivity index (χ0) is 31.7. The minimum Gasteiger partial charge on any atom is -0.493 e. The third kappa shape index (κ3) is 18.6. The average molecular weight is 621 g/mol. The van der Waals surface area contributed by atoms with Gasteiger partial charge in [-0.25, -0.2) is 0 Å². The van der Waals surface area contributed by atoms with Gasteiger partial charge in [0.1, 0.15) is 11.5 Å². The molecule has 0 amide bonds. The third-order valence-corrected chi connectivity index (χ3v) is 8.72. The molecule has 0 aliphatic rings. The zero-order valence-corrected chi connectivity index (χ0v) is 29.7. The zero-order valence-electron chi connectivity index (χ0n) is 28.8. The van der Waals surface area contributed by atoms with Crippen LogP contribution in [0.15, 0.2) is 48.5 Å². The molecular weight excluding hydrogens is 557 g/mol. The standard InChI is InChI=1S/C41H64O2S/c1-5-7-9-11-13-15-17-19-30-42-39-32-37(33-40(34-39)43-31-20-18-16-14-12-10-8-6-2)26-29-41(44)38-27-24-36(25-28-38)23-21-22-35(3)4/h24-29,32-35H,5-23,30-31H2,1-4H3. The number of benzene rings is 2. The molecule has 0 saturated heterocycles. The molecule has 0 aliphatic heterocycles. The van der Waals surface area contributed by atoms with E-state index in [1.807, 2.05) is 6.08 Å². The molecule has 0 N–H and O–H groups in total. The van der Waals surface area contributed by atoms with Crippen LogP contribution in [0.5, 0.6) is 11.5 Å². The topological polar surface area (TPSA) is 18.5 Å². The maximum Gasteiger partial charge on any atom is 0.123 e. The van der Waals surface area contributed by atoms with E-state index >= 15 is 0 Å². The Balaban J connectivity index is 1.91. The third-order valence-electron chi connectivity index (χ3n) is 8.35. The summed E-state index contributed by atoms with van der Waals surface area (Å²) in [6, 6.07) is 15.1. The van der Waals surface area contributed by atoms with Crippen LogP contribution in [0, 0.1) is 5.92 Å². The second-order valence-electron chi connectivity index (χ2n) is 13.1. The van der Waals surface area contributed by atoms with Gasteiger partial charge in [-0.05, 0) is 66.5 Å². The fourth-order valence-corrected chi connectivity index (χ4v) is 5.73. The molecule has 2 aromatic carbocycles. The van der Waals surface area contributed by atoms with Crippen LogP contribution in [0.2, 0.25) is 0 Å². The predicted molar refractivity (Wildman–Crippen MR) is 198 cm³/mol. The SMILES string of the molecule is CCCCCCCCCCOc1cc(C=CC(=S)c2ccc(CCCC(C)C)cc2)cc(OCCCCCCCCCC)c1. The van der Waals surface area contributed by atoms with Crippen molar-refractivity contribution in [3.05, 3.63) is 65.2 Å². The number of allylic oxidation sites excluding steroid dienone is 1. The number of unbranched alkanes of at least 4 members (excludes halogenated alkanes) is 14. The Morgan fingerprint density at radius 3 is 1.59 bits per heavy atom. The summed E-state index contributed by atoms with van der Waals surface area (Å²) in [5.74, 6) is 2.53. The van der Waals surface area contributed by atoms with E-state index < -0.39 is 0 Å². The fraction of sp³-hybridized carbons (Fsp3) is 0.634. The Morgan fingerprint density at radius 2 is 1.11 bits per heavy atom. The van der Waals surface area contributed by atoms with Gasteiger partial charge in [0.05, 0.1) is 13.2 Å². The van der Waals surface area contributed by atoms with E-state index in [0.717, 1.165) is 65.9 Å². The van der Waals surface area contributed by atoms with Gasteiger partial charge in [-0.3, -0.25) is 0 Å². The number of hydrogen-bond acceptors (Lipinski definition) is 3. The highest BCUT2D eigenvalue weighted by atomic mass is 32.1. The lowest BCUT2D eigenvalue weighted by molar-refractivity contribution is 0.289. The number of rotatable bonds is 27. The molecule has 0 bridgehead atoms. The summed E-state index contributed by atoms with van der Waals surface area (Å²) in [6.45, 7) is 10.6. The Kier molecular flexibility index (Phi) is 21.7. The maximum atomic E-state index is 6.23. The molecule has 0 atom stereocenters. The Labute approximate surface area is 277 Å². The number of hydrogen-bond donors (Lipinski definition) is 0. The highest BCUT2D eigenvalue weighted by Crippen LogP contribution is 2.25. The molecule has 0 heterocycles. The Morgan fingerprint density at radius 1 is 0.636 bits per heavy atom. The van der Waals surface area contributed by atoms with Gasteiger partial charge >= 0.3 is 0 Å². The minimum absolute atomic E-state index is 0.752. The van der Waals surface area contributed by atoms with E-state index in [2.05, 4.69) is 76.2 Å². The van der Waals surface area contributed by atoms with Crippen LogP contribution in [-0.2, 0) is 6.42 Å². The molecule has 0 aliphatic carbocycles. The van der Waals surface area contributed by atoms with E-state index in [4.69, 9.17) is 21.7 Å². The quantitative estimate of drug-likeness (QED) is 0.0428. The summed E-state index contributed by atoms with van der Waals surface area (Å²) in [5.41, 5.74) is 3.55. The molecule has 2 aromatic rings. The molecule has 0 fully saturated rings. The van der Waals surface area contributed by atoms with Crippen molar-refractivity contribution >= 4 is 23.2 Å². The highest BCUT2D eigenvalue weighted by molar-refractivity contribution is 7.81. The molecular formula is C41H64O2S. The molecule has 0 unspecified atom stereocenters. The van der Waals surface area contributed by atoms with Gasteiger partial charge in [-0.1, -0.05) is 167 Å². The van der Waals surface area contributed by atoms with E-state index in [1.165, 1.54) is 108 Å². The van der Waals surface area contributed by atoms with Crippen molar-refractivity contribution in [2.75, 3.05) is 13.2 Å². The van der Waals surface area contributed by atoms with Crippen molar-refractivity contribution in [3.63, 3.8) is 0 Å². The second-order valence-corrected chi connectivity index (χ2v) is 13.5. The predicted octanol–water partition coefficient (Wildman–Crippen LogP) is 13.1. The van der Waals surface area contributed by atoms with Crippen molar-refractivity contribution in [2.45, 2.75) is 150 Å². The summed E-state index contributed by atoms with van der Waals surface area (Å²) in [6.07, 6.45) is 28.6. The lowest BCUT2D eigenvalue weighted by Gasteiger charge is -2.12. The summed E-state index contributed by atoms with van der Waals surface area (Å²) in [5, 5.41) is 0. The monoisotopic (exact) mass is 620 g/mol. The van der Waals surface area contributed by atoms with E-state index in [-0.39, 0.29) is 0 Å². The van der Waals surface area contributed by atoms with Crippen LogP contribution in [0.3, 0.4) is 0 Å². The molecule has 2 nitrogen and oxygen atoms in total. The lowest BCUT2D eigenvalue weighted by atomic mass is 10.0. The Bertz CT molecular complexity index is 983. The highest BCUT2D eigenvalue weighted by Gasteiger charge is 2.05. The van der Waals surface area contributed by atoms with Crippen LogP contribution in [-0.4, -0.2) is 18.1 Å². The van der Waals surface area contributed by atoms with Gasteiger partial charge in [-0.2, -0.15) is 0 Å². The van der Waals surface area contributed by atoms with Crippen LogP contribution >= 0.6 is 12.2 Å². The van der Waals surface area contributed by atoms with E-state index in [1.54, 1.807) is 0 Å².